The summed E-state index contributed by atoms with van der Waals surface area (Å²) in [6.45, 7) is -0.393. The third kappa shape index (κ3) is 4.13. The van der Waals surface area contributed by atoms with Crippen molar-refractivity contribution >= 4 is 29.2 Å². The Hall–Kier alpha value is -3.22. The van der Waals surface area contributed by atoms with E-state index in [1.807, 2.05) is 6.07 Å². The van der Waals surface area contributed by atoms with Gasteiger partial charge < -0.3 is 14.5 Å². The molecule has 2 amide bonds. The van der Waals surface area contributed by atoms with Crippen LogP contribution in [0.25, 0.3) is 0 Å². The molecule has 1 fully saturated rings. The molecular formula is C20H19FN2O4. The maximum Gasteiger partial charge on any atom is 0.311 e. The van der Waals surface area contributed by atoms with Crippen LogP contribution in [-0.2, 0) is 19.1 Å². The van der Waals surface area contributed by atoms with Crippen molar-refractivity contribution in [2.45, 2.75) is 6.42 Å². The van der Waals surface area contributed by atoms with Crippen LogP contribution >= 0.6 is 0 Å². The molecular weight excluding hydrogens is 351 g/mol. The van der Waals surface area contributed by atoms with Crippen molar-refractivity contribution in [1.29, 1.82) is 0 Å². The van der Waals surface area contributed by atoms with Crippen LogP contribution in [0.5, 0.6) is 0 Å². The van der Waals surface area contributed by atoms with E-state index in [9.17, 15) is 18.8 Å². The molecule has 6 nitrogen and oxygen atoms in total. The summed E-state index contributed by atoms with van der Waals surface area (Å²) in [7, 11) is 1.59. The van der Waals surface area contributed by atoms with Gasteiger partial charge in [0.05, 0.1) is 11.6 Å². The molecule has 27 heavy (non-hydrogen) atoms. The number of anilines is 2. The number of ether oxygens (including phenoxy) is 1. The molecule has 1 aliphatic heterocycles. The zero-order chi connectivity index (χ0) is 19.4. The van der Waals surface area contributed by atoms with Crippen LogP contribution in [-0.4, -0.2) is 38.0 Å². The number of benzene rings is 2. The number of para-hydroxylation sites is 2. The first-order chi connectivity index (χ1) is 13.0. The van der Waals surface area contributed by atoms with Gasteiger partial charge in [-0.05, 0) is 24.3 Å². The molecule has 3 rings (SSSR count). The van der Waals surface area contributed by atoms with Gasteiger partial charge >= 0.3 is 5.97 Å². The van der Waals surface area contributed by atoms with Gasteiger partial charge in [-0.3, -0.25) is 14.4 Å². The number of nitrogens with zero attached hydrogens (tertiary/aromatic N) is 2. The highest BCUT2D eigenvalue weighted by Gasteiger charge is 2.37. The lowest BCUT2D eigenvalue weighted by atomic mass is 10.1. The SMILES string of the molecule is CN(C(=O)COC(=O)[C@@H]1CC(=O)N(c2ccccc2F)C1)c1ccccc1. The average molecular weight is 370 g/mol. The van der Waals surface area contributed by atoms with E-state index in [-0.39, 0.29) is 30.5 Å². The third-order valence-electron chi connectivity index (χ3n) is 4.46. The predicted octanol–water partition coefficient (Wildman–Crippen LogP) is 2.38. The van der Waals surface area contributed by atoms with Crippen molar-refractivity contribution in [3.05, 3.63) is 60.4 Å². The predicted molar refractivity (Wildman–Crippen MR) is 97.7 cm³/mol. The maximum absolute atomic E-state index is 13.9. The Morgan fingerprint density at radius 2 is 1.81 bits per heavy atom. The first-order valence-electron chi connectivity index (χ1n) is 8.50. The van der Waals surface area contributed by atoms with E-state index in [1.165, 1.54) is 28.0 Å². The minimum absolute atomic E-state index is 0.0291. The molecule has 2 aromatic rings. The molecule has 0 radical (unpaired) electrons. The average Bonchev–Trinajstić information content (AvgIpc) is 3.08. The molecule has 0 saturated carbocycles. The third-order valence-corrected chi connectivity index (χ3v) is 4.46. The van der Waals surface area contributed by atoms with Crippen LogP contribution in [0.15, 0.2) is 54.6 Å². The van der Waals surface area contributed by atoms with Crippen molar-refractivity contribution in [2.75, 3.05) is 30.0 Å². The summed E-state index contributed by atoms with van der Waals surface area (Å²) in [5.74, 6) is -2.64. The lowest BCUT2D eigenvalue weighted by Gasteiger charge is -2.18. The fourth-order valence-corrected chi connectivity index (χ4v) is 2.91. The van der Waals surface area contributed by atoms with Crippen molar-refractivity contribution < 1.29 is 23.5 Å². The summed E-state index contributed by atoms with van der Waals surface area (Å²) in [5.41, 5.74) is 0.818. The minimum atomic E-state index is -0.730. The Labute approximate surface area is 156 Å². The van der Waals surface area contributed by atoms with Crippen LogP contribution in [0.4, 0.5) is 15.8 Å². The molecule has 1 aliphatic rings. The number of hydrogen-bond donors (Lipinski definition) is 0. The van der Waals surface area contributed by atoms with Gasteiger partial charge in [-0.2, -0.15) is 0 Å². The molecule has 0 spiro atoms. The molecule has 1 saturated heterocycles. The quantitative estimate of drug-likeness (QED) is 0.758. The van der Waals surface area contributed by atoms with Crippen LogP contribution in [0, 0.1) is 11.7 Å². The standard InChI is InChI=1S/C20H19FN2O4/c1-22(15-7-3-2-4-8-15)19(25)13-27-20(26)14-11-18(24)23(12-14)17-10-6-5-9-16(17)21/h2-10,14H,11-13H2,1H3/t14-/m1/s1. The van der Waals surface area contributed by atoms with Crippen molar-refractivity contribution in [2.24, 2.45) is 5.92 Å². The van der Waals surface area contributed by atoms with Gasteiger partial charge in [0, 0.05) is 25.7 Å². The minimum Gasteiger partial charge on any atom is -0.455 e. The summed E-state index contributed by atoms with van der Waals surface area (Å²) >= 11 is 0. The van der Waals surface area contributed by atoms with E-state index >= 15 is 0 Å². The summed E-state index contributed by atoms with van der Waals surface area (Å²) < 4.78 is 19.0. The van der Waals surface area contributed by atoms with Gasteiger partial charge in [0.15, 0.2) is 6.61 Å². The zero-order valence-electron chi connectivity index (χ0n) is 14.8. The van der Waals surface area contributed by atoms with Gasteiger partial charge in [0.25, 0.3) is 5.91 Å². The van der Waals surface area contributed by atoms with E-state index in [4.69, 9.17) is 4.74 Å². The lowest BCUT2D eigenvalue weighted by molar-refractivity contribution is -0.151. The Kier molecular flexibility index (Phi) is 5.49. The van der Waals surface area contributed by atoms with E-state index in [0.29, 0.717) is 5.69 Å². The van der Waals surface area contributed by atoms with E-state index < -0.39 is 24.3 Å². The van der Waals surface area contributed by atoms with E-state index in [1.54, 1.807) is 37.4 Å². The van der Waals surface area contributed by atoms with Crippen LogP contribution in [0.2, 0.25) is 0 Å². The van der Waals surface area contributed by atoms with E-state index in [2.05, 4.69) is 0 Å². The highest BCUT2D eigenvalue weighted by Crippen LogP contribution is 2.27. The van der Waals surface area contributed by atoms with Gasteiger partial charge in [0.1, 0.15) is 5.82 Å². The molecule has 0 aliphatic carbocycles. The molecule has 2 aromatic carbocycles. The monoisotopic (exact) mass is 370 g/mol. The van der Waals surface area contributed by atoms with Crippen molar-refractivity contribution in [1.82, 2.24) is 0 Å². The molecule has 7 heteroatoms. The number of likely N-dealkylation sites (N-methyl/N-ethyl adjacent to an activating group) is 1. The molecule has 1 atom stereocenters. The molecule has 0 unspecified atom stereocenters. The van der Waals surface area contributed by atoms with Crippen molar-refractivity contribution in [3.8, 4) is 0 Å². The number of amides is 2. The Morgan fingerprint density at radius 3 is 2.52 bits per heavy atom. The van der Waals surface area contributed by atoms with Crippen LogP contribution in [0.3, 0.4) is 0 Å². The smallest absolute Gasteiger partial charge is 0.311 e. The zero-order valence-corrected chi connectivity index (χ0v) is 14.8. The van der Waals surface area contributed by atoms with Gasteiger partial charge in [-0.15, -0.1) is 0 Å². The molecule has 0 N–H and O–H groups in total. The molecule has 0 aromatic heterocycles. The van der Waals surface area contributed by atoms with Gasteiger partial charge in [-0.25, -0.2) is 4.39 Å². The first-order valence-corrected chi connectivity index (χ1v) is 8.50. The number of rotatable bonds is 5. The summed E-state index contributed by atoms with van der Waals surface area (Å²) in [6, 6.07) is 14.9. The second kappa shape index (κ2) is 7.99. The van der Waals surface area contributed by atoms with Gasteiger partial charge in [-0.1, -0.05) is 30.3 Å². The first kappa shape index (κ1) is 18.6. The molecule has 140 valence electrons. The summed E-state index contributed by atoms with van der Waals surface area (Å²) in [5, 5.41) is 0. The topological polar surface area (TPSA) is 66.9 Å². The number of hydrogen-bond acceptors (Lipinski definition) is 4. The van der Waals surface area contributed by atoms with Crippen LogP contribution in [0.1, 0.15) is 6.42 Å². The maximum atomic E-state index is 13.9. The summed E-state index contributed by atoms with van der Waals surface area (Å²) in [4.78, 5) is 39.2. The Bertz CT molecular complexity index is 856. The number of carbonyl (C=O) groups is 3. The second-order valence-corrected chi connectivity index (χ2v) is 6.25. The van der Waals surface area contributed by atoms with E-state index in [0.717, 1.165) is 0 Å². The van der Waals surface area contributed by atoms with Gasteiger partial charge in [0.2, 0.25) is 5.91 Å². The highest BCUT2D eigenvalue weighted by molar-refractivity contribution is 6.00. The number of carbonyl (C=O) groups excluding carboxylic acids is 3. The molecule has 1 heterocycles. The normalized spacial score (nSPS) is 16.3. The molecule has 0 bridgehead atoms. The summed E-state index contributed by atoms with van der Waals surface area (Å²) in [6.07, 6.45) is -0.0735. The number of esters is 1. The Balaban J connectivity index is 1.57. The largest absolute Gasteiger partial charge is 0.455 e. The lowest BCUT2D eigenvalue weighted by Crippen LogP contribution is -2.33. The highest BCUT2D eigenvalue weighted by atomic mass is 19.1. The number of halogens is 1. The van der Waals surface area contributed by atoms with Crippen molar-refractivity contribution in [3.63, 3.8) is 0 Å². The second-order valence-electron chi connectivity index (χ2n) is 6.25. The Morgan fingerprint density at radius 1 is 1.15 bits per heavy atom. The fourth-order valence-electron chi connectivity index (χ4n) is 2.91. The fraction of sp³-hybridized carbons (Fsp3) is 0.250. The van der Waals surface area contributed by atoms with Crippen LogP contribution < -0.4 is 9.80 Å².